The number of hydrogen-bond acceptors (Lipinski definition) is 1. The molecule has 1 N–H and O–H groups in total. The van der Waals surface area contributed by atoms with Crippen molar-refractivity contribution in [3.05, 3.63) is 28.7 Å². The van der Waals surface area contributed by atoms with Crippen molar-refractivity contribution in [3.8, 4) is 0 Å². The van der Waals surface area contributed by atoms with E-state index >= 15 is 0 Å². The molecule has 0 spiro atoms. The Hall–Kier alpha value is -0.210. The van der Waals surface area contributed by atoms with Crippen molar-refractivity contribution in [1.29, 1.82) is 0 Å². The maximum absolute atomic E-state index is 5.86. The Balaban J connectivity index is 2.00. The maximum Gasteiger partial charge on any atom is 0.0557 e. The third kappa shape index (κ3) is 1.93. The van der Waals surface area contributed by atoms with E-state index in [1.165, 1.54) is 0 Å². The van der Waals surface area contributed by atoms with Gasteiger partial charge in [-0.25, -0.2) is 0 Å². The number of halogens is 2. The molecule has 1 aliphatic rings. The highest BCUT2D eigenvalue weighted by Gasteiger charge is 2.34. The average Bonchev–Trinajstić information content (AvgIpc) is 2.72. The van der Waals surface area contributed by atoms with Gasteiger partial charge in [-0.1, -0.05) is 15.9 Å². The largest absolute Gasteiger partial charge is 0.381 e. The van der Waals surface area contributed by atoms with Crippen molar-refractivity contribution in [2.24, 2.45) is 0 Å². The molecule has 1 aromatic carbocycles. The number of rotatable bonds is 2. The lowest BCUT2D eigenvalue weighted by molar-refractivity contribution is 1.16. The van der Waals surface area contributed by atoms with E-state index in [0.717, 1.165) is 16.6 Å². The monoisotopic (exact) mass is 245 g/mol. The van der Waals surface area contributed by atoms with Crippen LogP contribution in [0, 0.1) is 0 Å². The Morgan fingerprint density at radius 2 is 1.92 bits per heavy atom. The summed E-state index contributed by atoms with van der Waals surface area (Å²) in [4.78, 5) is 0. The smallest absolute Gasteiger partial charge is 0.0557 e. The molecule has 0 aromatic heterocycles. The molecule has 12 heavy (non-hydrogen) atoms. The molecule has 0 radical (unpaired) electrons. The van der Waals surface area contributed by atoms with E-state index in [9.17, 15) is 0 Å². The number of nitrogens with one attached hydrogen (secondary N) is 1. The van der Waals surface area contributed by atoms with E-state index in [1.807, 2.05) is 24.3 Å². The highest BCUT2D eigenvalue weighted by atomic mass is 79.9. The molecule has 64 valence electrons. The molecular formula is C9H9BrClN. The summed E-state index contributed by atoms with van der Waals surface area (Å²) in [5.41, 5.74) is 1.14. The minimum Gasteiger partial charge on any atom is -0.381 e. The molecule has 2 rings (SSSR count). The Kier molecular flexibility index (Phi) is 2.28. The van der Waals surface area contributed by atoms with Crippen LogP contribution in [0.4, 0.5) is 5.69 Å². The second-order valence-electron chi connectivity index (χ2n) is 3.01. The number of anilines is 1. The van der Waals surface area contributed by atoms with Crippen molar-refractivity contribution >= 4 is 33.2 Å². The number of hydrogen-bond donors (Lipinski definition) is 1. The predicted octanol–water partition coefficient (Wildman–Crippen LogP) is 3.24. The van der Waals surface area contributed by atoms with Gasteiger partial charge in [0.05, 0.1) is 5.38 Å². The maximum atomic E-state index is 5.86. The molecular weight excluding hydrogens is 237 g/mol. The van der Waals surface area contributed by atoms with Gasteiger partial charge in [0.2, 0.25) is 0 Å². The topological polar surface area (TPSA) is 12.0 Å². The standard InChI is InChI=1S/C9H9BrClN/c10-6-1-3-7(4-2-6)12-9-5-8(9)11/h1-4,8-9,12H,5H2. The van der Waals surface area contributed by atoms with Crippen molar-refractivity contribution < 1.29 is 0 Å². The first-order valence-electron chi connectivity index (χ1n) is 3.92. The van der Waals surface area contributed by atoms with Gasteiger partial charge in [0.25, 0.3) is 0 Å². The van der Waals surface area contributed by atoms with Gasteiger partial charge in [-0.05, 0) is 30.7 Å². The van der Waals surface area contributed by atoms with Crippen LogP contribution < -0.4 is 5.32 Å². The lowest BCUT2D eigenvalue weighted by Crippen LogP contribution is -2.03. The van der Waals surface area contributed by atoms with E-state index in [-0.39, 0.29) is 0 Å². The molecule has 0 saturated heterocycles. The lowest BCUT2D eigenvalue weighted by atomic mass is 10.3. The molecule has 1 fully saturated rings. The summed E-state index contributed by atoms with van der Waals surface area (Å²) < 4.78 is 1.10. The zero-order chi connectivity index (χ0) is 8.55. The van der Waals surface area contributed by atoms with Crippen molar-refractivity contribution in [3.63, 3.8) is 0 Å². The fourth-order valence-electron chi connectivity index (χ4n) is 1.07. The molecule has 3 heteroatoms. The summed E-state index contributed by atoms with van der Waals surface area (Å²) in [6.07, 6.45) is 1.08. The van der Waals surface area contributed by atoms with Crippen LogP contribution in [-0.2, 0) is 0 Å². The Labute approximate surface area is 85.2 Å². The van der Waals surface area contributed by atoms with Gasteiger partial charge in [0.15, 0.2) is 0 Å². The van der Waals surface area contributed by atoms with Gasteiger partial charge in [-0.2, -0.15) is 0 Å². The van der Waals surface area contributed by atoms with Crippen LogP contribution in [0.1, 0.15) is 6.42 Å². The molecule has 1 aliphatic carbocycles. The quantitative estimate of drug-likeness (QED) is 0.790. The molecule has 0 aliphatic heterocycles. The second kappa shape index (κ2) is 3.27. The van der Waals surface area contributed by atoms with Gasteiger partial charge in [0, 0.05) is 16.2 Å². The summed E-state index contributed by atoms with van der Waals surface area (Å²) in [6.45, 7) is 0. The number of benzene rings is 1. The van der Waals surface area contributed by atoms with E-state index < -0.39 is 0 Å². The Morgan fingerprint density at radius 3 is 2.42 bits per heavy atom. The zero-order valence-electron chi connectivity index (χ0n) is 6.43. The molecule has 2 atom stereocenters. The highest BCUT2D eigenvalue weighted by molar-refractivity contribution is 9.10. The second-order valence-corrected chi connectivity index (χ2v) is 4.49. The van der Waals surface area contributed by atoms with Gasteiger partial charge >= 0.3 is 0 Å². The average molecular weight is 247 g/mol. The van der Waals surface area contributed by atoms with Gasteiger partial charge in [0.1, 0.15) is 0 Å². The molecule has 1 aromatic rings. The van der Waals surface area contributed by atoms with Crippen LogP contribution in [0.3, 0.4) is 0 Å². The summed E-state index contributed by atoms with van der Waals surface area (Å²) in [7, 11) is 0. The minimum absolute atomic E-state index is 0.327. The molecule has 1 nitrogen and oxygen atoms in total. The third-order valence-electron chi connectivity index (χ3n) is 1.91. The zero-order valence-corrected chi connectivity index (χ0v) is 8.77. The molecule has 0 bridgehead atoms. The first-order valence-corrected chi connectivity index (χ1v) is 5.15. The number of alkyl halides is 1. The van der Waals surface area contributed by atoms with Crippen LogP contribution in [-0.4, -0.2) is 11.4 Å². The van der Waals surface area contributed by atoms with Crippen LogP contribution in [0.25, 0.3) is 0 Å². The summed E-state index contributed by atoms with van der Waals surface area (Å²) in [5.74, 6) is 0. The SMILES string of the molecule is ClC1CC1Nc1ccc(Br)cc1. The molecule has 0 heterocycles. The molecule has 1 saturated carbocycles. The fourth-order valence-corrected chi connectivity index (χ4v) is 1.59. The van der Waals surface area contributed by atoms with Gasteiger partial charge < -0.3 is 5.32 Å². The molecule has 0 amide bonds. The third-order valence-corrected chi connectivity index (χ3v) is 2.92. The van der Waals surface area contributed by atoms with Crippen LogP contribution in [0.2, 0.25) is 0 Å². The summed E-state index contributed by atoms with van der Waals surface area (Å²) >= 11 is 9.25. The fraction of sp³-hybridized carbons (Fsp3) is 0.333. The van der Waals surface area contributed by atoms with Crippen LogP contribution in [0.15, 0.2) is 28.7 Å². The highest BCUT2D eigenvalue weighted by Crippen LogP contribution is 2.31. The van der Waals surface area contributed by atoms with Crippen molar-refractivity contribution in [2.75, 3.05) is 5.32 Å². The Morgan fingerprint density at radius 1 is 1.33 bits per heavy atom. The van der Waals surface area contributed by atoms with Crippen molar-refractivity contribution in [2.45, 2.75) is 17.8 Å². The van der Waals surface area contributed by atoms with Crippen molar-refractivity contribution in [1.82, 2.24) is 0 Å². The van der Waals surface area contributed by atoms with E-state index in [0.29, 0.717) is 11.4 Å². The van der Waals surface area contributed by atoms with E-state index in [1.54, 1.807) is 0 Å². The van der Waals surface area contributed by atoms with E-state index in [2.05, 4.69) is 21.2 Å². The van der Waals surface area contributed by atoms with Crippen LogP contribution in [0.5, 0.6) is 0 Å². The van der Waals surface area contributed by atoms with E-state index in [4.69, 9.17) is 11.6 Å². The van der Waals surface area contributed by atoms with Crippen LogP contribution >= 0.6 is 27.5 Å². The lowest BCUT2D eigenvalue weighted by Gasteiger charge is -2.03. The van der Waals surface area contributed by atoms with Gasteiger partial charge in [-0.15, -0.1) is 11.6 Å². The van der Waals surface area contributed by atoms with Gasteiger partial charge in [-0.3, -0.25) is 0 Å². The summed E-state index contributed by atoms with van der Waals surface area (Å²) in [5, 5.41) is 3.67. The predicted molar refractivity (Wildman–Crippen MR) is 55.8 cm³/mol. The summed E-state index contributed by atoms with van der Waals surface area (Å²) in [6, 6.07) is 8.62. The molecule has 2 unspecified atom stereocenters. The normalized spacial score (nSPS) is 26.8. The first-order chi connectivity index (χ1) is 5.75. The minimum atomic E-state index is 0.327. The Bertz CT molecular complexity index is 272. The first kappa shape index (κ1) is 8.39.